The summed E-state index contributed by atoms with van der Waals surface area (Å²) < 4.78 is 0. The number of unbranched alkanes of at least 4 members (excludes halogenated alkanes) is 5. The normalized spacial score (nSPS) is 24.0. The number of rotatable bonds is 10. The average molecular weight is 225 g/mol. The van der Waals surface area contributed by atoms with E-state index in [0.717, 1.165) is 30.8 Å². The van der Waals surface area contributed by atoms with Crippen molar-refractivity contribution in [3.63, 3.8) is 0 Å². The Morgan fingerprint density at radius 3 is 2.38 bits per heavy atom. The van der Waals surface area contributed by atoms with E-state index in [-0.39, 0.29) is 0 Å². The summed E-state index contributed by atoms with van der Waals surface area (Å²) in [5, 5.41) is 9.47. The first-order valence-corrected chi connectivity index (χ1v) is 7.31. The van der Waals surface area contributed by atoms with Crippen LogP contribution in [0.25, 0.3) is 0 Å². The lowest BCUT2D eigenvalue weighted by molar-refractivity contribution is 0.263. The summed E-state index contributed by atoms with van der Waals surface area (Å²) in [7, 11) is 0. The first-order chi connectivity index (χ1) is 7.77. The summed E-state index contributed by atoms with van der Waals surface area (Å²) in [5.74, 6) is 1.77. The van der Waals surface area contributed by atoms with Crippen molar-refractivity contribution in [3.8, 4) is 0 Å². The average Bonchev–Trinajstić information content (AvgIpc) is 3.01. The molecule has 0 aromatic carbocycles. The molecule has 1 fully saturated rings. The quantitative estimate of drug-likeness (QED) is 0.514. The van der Waals surface area contributed by atoms with Crippen molar-refractivity contribution >= 4 is 0 Å². The lowest BCUT2D eigenvalue weighted by Gasteiger charge is -2.05. The molecule has 0 heterocycles. The molecule has 0 bridgehead atoms. The van der Waals surface area contributed by atoms with Crippen molar-refractivity contribution in [3.05, 3.63) is 6.10 Å². The largest absolute Gasteiger partial charge is 0.387 e. The highest BCUT2D eigenvalue weighted by atomic mass is 16.3. The molecule has 1 aliphatic carbocycles. The van der Waals surface area contributed by atoms with Crippen LogP contribution in [0.4, 0.5) is 0 Å². The number of aliphatic hydroxyl groups excluding tert-OH is 1. The molecule has 2 atom stereocenters. The van der Waals surface area contributed by atoms with E-state index in [1.807, 2.05) is 6.92 Å². The maximum absolute atomic E-state index is 9.47. The SMILES string of the molecule is CCCCCCCCC1CC1C[C](O)CC. The van der Waals surface area contributed by atoms with Crippen molar-refractivity contribution in [2.24, 2.45) is 11.8 Å². The van der Waals surface area contributed by atoms with Gasteiger partial charge in [-0.3, -0.25) is 0 Å². The van der Waals surface area contributed by atoms with Crippen LogP contribution in [0.2, 0.25) is 0 Å². The zero-order valence-electron chi connectivity index (χ0n) is 11.2. The zero-order chi connectivity index (χ0) is 11.8. The first kappa shape index (κ1) is 14.0. The molecule has 1 aliphatic rings. The van der Waals surface area contributed by atoms with Crippen LogP contribution in [0.3, 0.4) is 0 Å². The minimum absolute atomic E-state index is 0.718. The van der Waals surface area contributed by atoms with Gasteiger partial charge in [0.25, 0.3) is 0 Å². The third kappa shape index (κ3) is 5.89. The van der Waals surface area contributed by atoms with Gasteiger partial charge in [-0.25, -0.2) is 0 Å². The van der Waals surface area contributed by atoms with Crippen molar-refractivity contribution < 1.29 is 5.11 Å². The molecule has 0 aromatic heterocycles. The number of hydrogen-bond donors (Lipinski definition) is 1. The molecule has 0 saturated heterocycles. The molecular formula is C15H29O. The van der Waals surface area contributed by atoms with Crippen LogP contribution >= 0.6 is 0 Å². The van der Waals surface area contributed by atoms with E-state index in [9.17, 15) is 5.11 Å². The molecule has 16 heavy (non-hydrogen) atoms. The second-order valence-corrected chi connectivity index (χ2v) is 5.44. The van der Waals surface area contributed by atoms with Gasteiger partial charge in [0, 0.05) is 0 Å². The molecule has 1 heteroatoms. The van der Waals surface area contributed by atoms with E-state index in [0.29, 0.717) is 0 Å². The summed E-state index contributed by atoms with van der Waals surface area (Å²) in [6, 6.07) is 0. The molecule has 1 nitrogen and oxygen atoms in total. The molecule has 1 radical (unpaired) electrons. The van der Waals surface area contributed by atoms with E-state index in [4.69, 9.17) is 0 Å². The van der Waals surface area contributed by atoms with Crippen LogP contribution in [0.5, 0.6) is 0 Å². The molecule has 0 aromatic rings. The van der Waals surface area contributed by atoms with E-state index >= 15 is 0 Å². The van der Waals surface area contributed by atoms with Crippen molar-refractivity contribution in [2.75, 3.05) is 0 Å². The number of hydrogen-bond acceptors (Lipinski definition) is 1. The van der Waals surface area contributed by atoms with Crippen LogP contribution in [0.15, 0.2) is 0 Å². The van der Waals surface area contributed by atoms with Crippen LogP contribution in [0, 0.1) is 17.9 Å². The fourth-order valence-corrected chi connectivity index (χ4v) is 2.55. The second kappa shape index (κ2) is 8.11. The highest BCUT2D eigenvalue weighted by molar-refractivity contribution is 4.92. The Balaban J connectivity index is 1.85. The summed E-state index contributed by atoms with van der Waals surface area (Å²) in [6.07, 6.45) is 13.8. The van der Waals surface area contributed by atoms with Crippen LogP contribution in [0.1, 0.15) is 78.1 Å². The Labute approximate surface area is 102 Å². The van der Waals surface area contributed by atoms with Crippen LogP contribution in [-0.4, -0.2) is 5.11 Å². The van der Waals surface area contributed by atoms with Crippen molar-refractivity contribution in [2.45, 2.75) is 78.1 Å². The predicted octanol–water partition coefficient (Wildman–Crippen LogP) is 5.08. The fourth-order valence-electron chi connectivity index (χ4n) is 2.55. The zero-order valence-corrected chi connectivity index (χ0v) is 11.2. The highest BCUT2D eigenvalue weighted by Crippen LogP contribution is 2.46. The molecule has 95 valence electrons. The lowest BCUT2D eigenvalue weighted by Crippen LogP contribution is -1.96. The van der Waals surface area contributed by atoms with Gasteiger partial charge >= 0.3 is 0 Å². The summed E-state index contributed by atoms with van der Waals surface area (Å²) in [4.78, 5) is 0. The predicted molar refractivity (Wildman–Crippen MR) is 69.7 cm³/mol. The fraction of sp³-hybridized carbons (Fsp3) is 0.933. The van der Waals surface area contributed by atoms with Crippen LogP contribution < -0.4 is 0 Å². The molecule has 1 saturated carbocycles. The van der Waals surface area contributed by atoms with Gasteiger partial charge in [-0.1, -0.05) is 58.8 Å². The van der Waals surface area contributed by atoms with Gasteiger partial charge in [-0.2, -0.15) is 0 Å². The Morgan fingerprint density at radius 1 is 1.00 bits per heavy atom. The Hall–Kier alpha value is -0.0400. The third-order valence-corrected chi connectivity index (χ3v) is 3.90. The first-order valence-electron chi connectivity index (χ1n) is 7.31. The molecular weight excluding hydrogens is 196 g/mol. The van der Waals surface area contributed by atoms with Gasteiger partial charge in [0.15, 0.2) is 0 Å². The van der Waals surface area contributed by atoms with Crippen molar-refractivity contribution in [1.82, 2.24) is 0 Å². The molecule has 1 rings (SSSR count). The van der Waals surface area contributed by atoms with Crippen molar-refractivity contribution in [1.29, 1.82) is 0 Å². The standard InChI is InChI=1S/C15H29O/c1-3-5-6-7-8-9-10-13-11-14(13)12-15(16)4-2/h13-14,16H,3-12H2,1-2H3. The summed E-state index contributed by atoms with van der Waals surface area (Å²) >= 11 is 0. The second-order valence-electron chi connectivity index (χ2n) is 5.44. The number of aliphatic hydroxyl groups is 1. The molecule has 1 N–H and O–H groups in total. The van der Waals surface area contributed by atoms with Crippen LogP contribution in [-0.2, 0) is 0 Å². The monoisotopic (exact) mass is 225 g/mol. The maximum atomic E-state index is 9.47. The molecule has 0 spiro atoms. The Kier molecular flexibility index (Phi) is 7.11. The molecule has 0 aliphatic heterocycles. The minimum atomic E-state index is 0.718. The molecule has 2 unspecified atom stereocenters. The topological polar surface area (TPSA) is 20.2 Å². The van der Waals surface area contributed by atoms with Gasteiger partial charge in [0.1, 0.15) is 0 Å². The Bertz CT molecular complexity index is 167. The summed E-state index contributed by atoms with van der Waals surface area (Å²) in [6.45, 7) is 4.31. The third-order valence-electron chi connectivity index (χ3n) is 3.90. The molecule has 0 amide bonds. The summed E-state index contributed by atoms with van der Waals surface area (Å²) in [5.41, 5.74) is 0. The van der Waals surface area contributed by atoms with E-state index in [1.54, 1.807) is 0 Å². The van der Waals surface area contributed by atoms with Gasteiger partial charge in [0.05, 0.1) is 6.10 Å². The lowest BCUT2D eigenvalue weighted by atomic mass is 10.0. The Morgan fingerprint density at radius 2 is 1.69 bits per heavy atom. The van der Waals surface area contributed by atoms with E-state index in [1.165, 1.54) is 51.4 Å². The maximum Gasteiger partial charge on any atom is 0.0933 e. The minimum Gasteiger partial charge on any atom is -0.387 e. The smallest absolute Gasteiger partial charge is 0.0933 e. The van der Waals surface area contributed by atoms with E-state index in [2.05, 4.69) is 6.92 Å². The van der Waals surface area contributed by atoms with E-state index < -0.39 is 0 Å². The highest BCUT2D eigenvalue weighted by Gasteiger charge is 2.37. The van der Waals surface area contributed by atoms with Gasteiger partial charge in [-0.15, -0.1) is 0 Å². The van der Waals surface area contributed by atoms with Gasteiger partial charge in [0.2, 0.25) is 0 Å². The van der Waals surface area contributed by atoms with Gasteiger partial charge in [-0.05, 0) is 31.1 Å². The van der Waals surface area contributed by atoms with Gasteiger partial charge < -0.3 is 5.11 Å².